The van der Waals surface area contributed by atoms with Crippen molar-refractivity contribution in [1.29, 1.82) is 5.26 Å². The van der Waals surface area contributed by atoms with Gasteiger partial charge in [-0.1, -0.05) is 84.9 Å². The monoisotopic (exact) mass is 421 g/mol. The van der Waals surface area contributed by atoms with Crippen LogP contribution in [0.15, 0.2) is 96.0 Å². The Morgan fingerprint density at radius 3 is 2.10 bits per heavy atom. The smallest absolute Gasteiger partial charge is 0.115 e. The first-order chi connectivity index (χ1) is 15.2. The van der Waals surface area contributed by atoms with Crippen LogP contribution in [-0.2, 0) is 5.75 Å². The third kappa shape index (κ3) is 4.66. The van der Waals surface area contributed by atoms with Gasteiger partial charge in [-0.25, -0.2) is 4.98 Å². The van der Waals surface area contributed by atoms with Crippen molar-refractivity contribution in [2.45, 2.75) is 10.8 Å². The number of carboxylic acids is 1. The van der Waals surface area contributed by atoms with E-state index in [0.29, 0.717) is 16.3 Å². The average Bonchev–Trinajstić information content (AvgIpc) is 2.83. The van der Waals surface area contributed by atoms with Crippen LogP contribution >= 0.6 is 11.8 Å². The summed E-state index contributed by atoms with van der Waals surface area (Å²) in [5, 5.41) is 21.5. The maximum atomic E-state index is 11.0. The molecule has 0 atom stereocenters. The Bertz CT molecular complexity index is 1250. The third-order valence-electron chi connectivity index (χ3n) is 4.82. The van der Waals surface area contributed by atoms with Gasteiger partial charge in [-0.2, -0.15) is 5.26 Å². The van der Waals surface area contributed by atoms with Gasteiger partial charge in [0.25, 0.3) is 0 Å². The highest BCUT2D eigenvalue weighted by Crippen LogP contribution is 2.35. The van der Waals surface area contributed by atoms with E-state index in [1.807, 2.05) is 66.7 Å². The summed E-state index contributed by atoms with van der Waals surface area (Å²) in [7, 11) is 0. The molecule has 0 aliphatic heterocycles. The van der Waals surface area contributed by atoms with E-state index in [2.05, 4.69) is 6.07 Å². The summed E-state index contributed by atoms with van der Waals surface area (Å²) in [6, 6.07) is 30.5. The number of carbonyl (C=O) groups excluding carboxylic acids is 1. The highest BCUT2D eigenvalue weighted by atomic mass is 32.2. The van der Waals surface area contributed by atoms with Crippen LogP contribution < -0.4 is 5.11 Å². The minimum Gasteiger partial charge on any atom is -0.545 e. The Labute approximate surface area is 184 Å². The van der Waals surface area contributed by atoms with Crippen molar-refractivity contribution in [2.75, 3.05) is 0 Å². The summed E-state index contributed by atoms with van der Waals surface area (Å²) < 4.78 is 0. The molecule has 4 nitrogen and oxygen atoms in total. The van der Waals surface area contributed by atoms with Crippen molar-refractivity contribution in [3.63, 3.8) is 0 Å². The van der Waals surface area contributed by atoms with E-state index in [9.17, 15) is 15.2 Å². The molecule has 4 rings (SSSR count). The van der Waals surface area contributed by atoms with E-state index >= 15 is 0 Å². The number of hydrogen-bond acceptors (Lipinski definition) is 5. The second-order valence-corrected chi connectivity index (χ2v) is 7.82. The van der Waals surface area contributed by atoms with Crippen molar-refractivity contribution < 1.29 is 9.90 Å². The van der Waals surface area contributed by atoms with Gasteiger partial charge in [-0.3, -0.25) is 0 Å². The first-order valence-electron chi connectivity index (χ1n) is 9.65. The number of carboxylic acid groups (broad SMARTS) is 1. The molecule has 150 valence electrons. The Kier molecular flexibility index (Phi) is 6.11. The zero-order chi connectivity index (χ0) is 21.6. The van der Waals surface area contributed by atoms with Crippen LogP contribution in [0.5, 0.6) is 0 Å². The largest absolute Gasteiger partial charge is 0.545 e. The van der Waals surface area contributed by atoms with Gasteiger partial charge in [0, 0.05) is 16.9 Å². The average molecular weight is 422 g/mol. The van der Waals surface area contributed by atoms with E-state index in [4.69, 9.17) is 4.98 Å². The number of aromatic nitrogens is 1. The normalized spacial score (nSPS) is 10.4. The Morgan fingerprint density at radius 2 is 1.52 bits per heavy atom. The van der Waals surface area contributed by atoms with Crippen molar-refractivity contribution in [3.05, 3.63) is 108 Å². The van der Waals surface area contributed by atoms with Gasteiger partial charge in [-0.15, -0.1) is 11.8 Å². The van der Waals surface area contributed by atoms with Gasteiger partial charge in [0.15, 0.2) is 0 Å². The molecule has 31 heavy (non-hydrogen) atoms. The first-order valence-corrected chi connectivity index (χ1v) is 10.6. The lowest BCUT2D eigenvalue weighted by Gasteiger charge is -2.13. The molecule has 1 heterocycles. The standard InChI is InChI=1S/C26H18N2O2S/c27-16-23-22(19-7-3-1-4-8-19)15-24(20-9-5-2-6-10-20)28-25(23)31-17-18-11-13-21(14-12-18)26(29)30/h1-15H,17H2,(H,29,30)/p-1. The molecule has 0 bridgehead atoms. The number of pyridine rings is 1. The SMILES string of the molecule is N#Cc1c(-c2ccccc2)cc(-c2ccccc2)nc1SCc1ccc(C(=O)[O-])cc1. The van der Waals surface area contributed by atoms with Gasteiger partial charge in [0.2, 0.25) is 0 Å². The fourth-order valence-electron chi connectivity index (χ4n) is 3.23. The third-order valence-corrected chi connectivity index (χ3v) is 5.86. The molecule has 0 saturated carbocycles. The van der Waals surface area contributed by atoms with Crippen molar-refractivity contribution >= 4 is 17.7 Å². The molecule has 0 aliphatic carbocycles. The molecule has 0 radical (unpaired) electrons. The molecule has 0 saturated heterocycles. The zero-order valence-corrected chi connectivity index (χ0v) is 17.3. The minimum atomic E-state index is -1.20. The molecule has 5 heteroatoms. The van der Waals surface area contributed by atoms with Crippen LogP contribution in [0.25, 0.3) is 22.4 Å². The molecule has 0 N–H and O–H groups in total. The van der Waals surface area contributed by atoms with Crippen molar-refractivity contribution in [3.8, 4) is 28.5 Å². The van der Waals surface area contributed by atoms with Crippen LogP contribution in [0.2, 0.25) is 0 Å². The topological polar surface area (TPSA) is 76.8 Å². The molecule has 3 aromatic carbocycles. The van der Waals surface area contributed by atoms with E-state index in [0.717, 1.165) is 27.9 Å². The summed E-state index contributed by atoms with van der Waals surface area (Å²) in [6.45, 7) is 0. The molecule has 1 aromatic heterocycles. The number of thioether (sulfide) groups is 1. The van der Waals surface area contributed by atoms with Crippen molar-refractivity contribution in [1.82, 2.24) is 4.98 Å². The highest BCUT2D eigenvalue weighted by Gasteiger charge is 2.16. The molecule has 0 amide bonds. The number of nitrogens with zero attached hydrogens (tertiary/aromatic N) is 2. The second kappa shape index (κ2) is 9.29. The minimum absolute atomic E-state index is 0.141. The molecule has 0 aliphatic rings. The quantitative estimate of drug-likeness (QED) is 0.412. The van der Waals surface area contributed by atoms with E-state index in [1.165, 1.54) is 23.9 Å². The van der Waals surface area contributed by atoms with Crippen molar-refractivity contribution in [2.24, 2.45) is 0 Å². The van der Waals surface area contributed by atoms with Crippen LogP contribution in [-0.4, -0.2) is 11.0 Å². The predicted octanol–water partition coefficient (Wildman–Crippen LogP) is 4.94. The summed E-state index contributed by atoms with van der Waals surface area (Å²) in [4.78, 5) is 15.8. The molecule has 0 fully saturated rings. The maximum absolute atomic E-state index is 11.0. The van der Waals surface area contributed by atoms with Gasteiger partial charge in [0.05, 0.1) is 17.2 Å². The Morgan fingerprint density at radius 1 is 0.903 bits per heavy atom. The van der Waals surface area contributed by atoms with Gasteiger partial charge in [0.1, 0.15) is 11.1 Å². The van der Waals surface area contributed by atoms with Gasteiger partial charge >= 0.3 is 0 Å². The zero-order valence-electron chi connectivity index (χ0n) is 16.5. The Balaban J connectivity index is 1.75. The Hall–Kier alpha value is -3.88. The number of hydrogen-bond donors (Lipinski definition) is 0. The second-order valence-electron chi connectivity index (χ2n) is 6.85. The summed E-state index contributed by atoms with van der Waals surface area (Å²) in [6.07, 6.45) is 0. The molecule has 4 aromatic rings. The summed E-state index contributed by atoms with van der Waals surface area (Å²) >= 11 is 1.46. The molecule has 0 unspecified atom stereocenters. The lowest BCUT2D eigenvalue weighted by Crippen LogP contribution is -2.21. The van der Waals surface area contributed by atoms with Crippen LogP contribution in [0.3, 0.4) is 0 Å². The fourth-order valence-corrected chi connectivity index (χ4v) is 4.18. The summed E-state index contributed by atoms with van der Waals surface area (Å²) in [5.41, 5.74) is 5.18. The van der Waals surface area contributed by atoms with Crippen LogP contribution in [0.4, 0.5) is 0 Å². The lowest BCUT2D eigenvalue weighted by atomic mass is 9.99. The number of benzene rings is 3. The fraction of sp³-hybridized carbons (Fsp3) is 0.0385. The van der Waals surface area contributed by atoms with Crippen LogP contribution in [0, 0.1) is 11.3 Å². The predicted molar refractivity (Wildman–Crippen MR) is 120 cm³/mol. The molecular weight excluding hydrogens is 404 g/mol. The molecule has 0 spiro atoms. The maximum Gasteiger partial charge on any atom is 0.115 e. The van der Waals surface area contributed by atoms with Crippen LogP contribution in [0.1, 0.15) is 21.5 Å². The van der Waals surface area contributed by atoms with E-state index < -0.39 is 5.97 Å². The van der Waals surface area contributed by atoms with E-state index in [-0.39, 0.29) is 5.56 Å². The van der Waals surface area contributed by atoms with Gasteiger partial charge in [-0.05, 0) is 22.8 Å². The number of carbonyl (C=O) groups is 1. The number of nitriles is 1. The van der Waals surface area contributed by atoms with E-state index in [1.54, 1.807) is 12.1 Å². The number of rotatable bonds is 6. The molecular formula is C26H17N2O2S-. The summed E-state index contributed by atoms with van der Waals surface area (Å²) in [5.74, 6) is -0.641. The highest BCUT2D eigenvalue weighted by molar-refractivity contribution is 7.98. The number of aromatic carboxylic acids is 1. The first kappa shape index (κ1) is 20.4. The lowest BCUT2D eigenvalue weighted by molar-refractivity contribution is -0.255. The van der Waals surface area contributed by atoms with Gasteiger partial charge < -0.3 is 9.90 Å².